The van der Waals surface area contributed by atoms with E-state index in [1.54, 1.807) is 25.4 Å². The molecule has 2 aromatic heterocycles. The lowest BCUT2D eigenvalue weighted by Gasteiger charge is -2.11. The van der Waals surface area contributed by atoms with Crippen molar-refractivity contribution in [3.05, 3.63) is 53.0 Å². The third kappa shape index (κ3) is 2.88. The maximum Gasteiger partial charge on any atom is 0.339 e. The largest absolute Gasteiger partial charge is 0.478 e. The second-order valence-electron chi connectivity index (χ2n) is 4.28. The van der Waals surface area contributed by atoms with Crippen molar-refractivity contribution in [3.8, 4) is 0 Å². The zero-order chi connectivity index (χ0) is 13.8. The van der Waals surface area contributed by atoms with Gasteiger partial charge in [0.05, 0.1) is 12.2 Å². The summed E-state index contributed by atoms with van der Waals surface area (Å²) in [7, 11) is 0. The van der Waals surface area contributed by atoms with Crippen molar-refractivity contribution >= 4 is 11.8 Å². The molecule has 0 aromatic carbocycles. The van der Waals surface area contributed by atoms with E-state index >= 15 is 0 Å². The summed E-state index contributed by atoms with van der Waals surface area (Å²) in [6.07, 6.45) is 3.31. The Balaban J connectivity index is 2.23. The summed E-state index contributed by atoms with van der Waals surface area (Å²) in [5.74, 6) is -0.608. The van der Waals surface area contributed by atoms with E-state index in [0.717, 1.165) is 11.3 Å². The molecule has 2 N–H and O–H groups in total. The Hall–Kier alpha value is -2.43. The lowest BCUT2D eigenvalue weighted by atomic mass is 10.1. The molecular formula is C14H15N3O2. The normalized spacial score (nSPS) is 10.2. The highest BCUT2D eigenvalue weighted by atomic mass is 16.4. The molecule has 5 heteroatoms. The van der Waals surface area contributed by atoms with Gasteiger partial charge < -0.3 is 10.4 Å². The zero-order valence-electron chi connectivity index (χ0n) is 10.8. The molecule has 0 aliphatic heterocycles. The van der Waals surface area contributed by atoms with Crippen LogP contribution >= 0.6 is 0 Å². The van der Waals surface area contributed by atoms with Gasteiger partial charge in [-0.15, -0.1) is 0 Å². The number of carboxylic acids is 1. The molecule has 19 heavy (non-hydrogen) atoms. The lowest BCUT2D eigenvalue weighted by molar-refractivity contribution is 0.0697. The highest BCUT2D eigenvalue weighted by Crippen LogP contribution is 2.17. The summed E-state index contributed by atoms with van der Waals surface area (Å²) in [5.41, 5.74) is 2.82. The number of nitrogens with zero attached hydrogens (tertiary/aromatic N) is 2. The summed E-state index contributed by atoms with van der Waals surface area (Å²) in [6, 6.07) is 5.51. The number of rotatable bonds is 4. The highest BCUT2D eigenvalue weighted by molar-refractivity contribution is 5.94. The van der Waals surface area contributed by atoms with E-state index in [-0.39, 0.29) is 5.56 Å². The van der Waals surface area contributed by atoms with Crippen LogP contribution in [0.3, 0.4) is 0 Å². The molecule has 5 nitrogen and oxygen atoms in total. The van der Waals surface area contributed by atoms with E-state index in [0.29, 0.717) is 17.9 Å². The SMILES string of the molecule is Cc1cccnc1CNc1nccc(C)c1C(=O)O. The standard InChI is InChI=1S/C14H15N3O2/c1-9-4-3-6-15-11(9)8-17-13-12(14(18)19)10(2)5-7-16-13/h3-7H,8H2,1-2H3,(H,16,17)(H,18,19). The van der Waals surface area contributed by atoms with Gasteiger partial charge in [0.25, 0.3) is 0 Å². The number of hydrogen-bond donors (Lipinski definition) is 2. The summed E-state index contributed by atoms with van der Waals surface area (Å²) in [5, 5.41) is 12.2. The molecule has 0 atom stereocenters. The molecule has 2 heterocycles. The monoisotopic (exact) mass is 257 g/mol. The van der Waals surface area contributed by atoms with E-state index in [1.165, 1.54) is 0 Å². The first-order chi connectivity index (χ1) is 9.09. The maximum atomic E-state index is 11.2. The van der Waals surface area contributed by atoms with Gasteiger partial charge in [-0.2, -0.15) is 0 Å². The second kappa shape index (κ2) is 5.48. The van der Waals surface area contributed by atoms with Gasteiger partial charge in [-0.3, -0.25) is 4.98 Å². The quantitative estimate of drug-likeness (QED) is 0.879. The fourth-order valence-electron chi connectivity index (χ4n) is 1.83. The van der Waals surface area contributed by atoms with Crippen LogP contribution in [0.15, 0.2) is 30.6 Å². The molecule has 0 spiro atoms. The van der Waals surface area contributed by atoms with Crippen LogP contribution < -0.4 is 5.32 Å². The lowest BCUT2D eigenvalue weighted by Crippen LogP contribution is -2.11. The first kappa shape index (κ1) is 13.0. The van der Waals surface area contributed by atoms with Crippen LogP contribution in [0.1, 0.15) is 27.2 Å². The average Bonchev–Trinajstić information content (AvgIpc) is 2.37. The highest BCUT2D eigenvalue weighted by Gasteiger charge is 2.14. The Morgan fingerprint density at radius 2 is 2.00 bits per heavy atom. The number of nitrogens with one attached hydrogen (secondary N) is 1. The molecule has 0 saturated carbocycles. The minimum Gasteiger partial charge on any atom is -0.478 e. The Morgan fingerprint density at radius 1 is 1.21 bits per heavy atom. The number of hydrogen-bond acceptors (Lipinski definition) is 4. The minimum atomic E-state index is -0.981. The van der Waals surface area contributed by atoms with Crippen molar-refractivity contribution in [3.63, 3.8) is 0 Å². The summed E-state index contributed by atoms with van der Waals surface area (Å²) in [6.45, 7) is 4.16. The fourth-order valence-corrected chi connectivity index (χ4v) is 1.83. The van der Waals surface area contributed by atoms with Gasteiger partial charge in [0, 0.05) is 12.4 Å². The van der Waals surface area contributed by atoms with Crippen molar-refractivity contribution in [2.45, 2.75) is 20.4 Å². The van der Waals surface area contributed by atoms with Gasteiger partial charge >= 0.3 is 5.97 Å². The molecule has 0 saturated heterocycles. The van der Waals surface area contributed by atoms with Crippen LogP contribution in [-0.4, -0.2) is 21.0 Å². The first-order valence-electron chi connectivity index (χ1n) is 5.93. The maximum absolute atomic E-state index is 11.2. The molecule has 2 rings (SSSR count). The van der Waals surface area contributed by atoms with Crippen LogP contribution in [0.25, 0.3) is 0 Å². The predicted octanol–water partition coefficient (Wildman–Crippen LogP) is 2.40. The van der Waals surface area contributed by atoms with E-state index in [9.17, 15) is 9.90 Å². The topological polar surface area (TPSA) is 75.1 Å². The Labute approximate surface area is 111 Å². The third-order valence-corrected chi connectivity index (χ3v) is 2.91. The zero-order valence-corrected chi connectivity index (χ0v) is 10.8. The van der Waals surface area contributed by atoms with Crippen LogP contribution in [0, 0.1) is 13.8 Å². The van der Waals surface area contributed by atoms with Crippen LogP contribution in [0.2, 0.25) is 0 Å². The molecule has 98 valence electrons. The summed E-state index contributed by atoms with van der Waals surface area (Å²) in [4.78, 5) is 19.6. The molecule has 0 fully saturated rings. The average molecular weight is 257 g/mol. The van der Waals surface area contributed by atoms with Gasteiger partial charge in [0.15, 0.2) is 0 Å². The molecule has 0 unspecified atom stereocenters. The molecule has 0 radical (unpaired) electrons. The van der Waals surface area contributed by atoms with Crippen LogP contribution in [-0.2, 0) is 6.54 Å². The first-order valence-corrected chi connectivity index (χ1v) is 5.93. The van der Waals surface area contributed by atoms with Gasteiger partial charge in [-0.1, -0.05) is 6.07 Å². The van der Waals surface area contributed by atoms with Crippen LogP contribution in [0.4, 0.5) is 5.82 Å². The molecule has 2 aromatic rings. The van der Waals surface area contributed by atoms with Gasteiger partial charge in [-0.25, -0.2) is 9.78 Å². The van der Waals surface area contributed by atoms with Gasteiger partial charge in [-0.05, 0) is 37.1 Å². The van der Waals surface area contributed by atoms with Crippen molar-refractivity contribution in [2.24, 2.45) is 0 Å². The van der Waals surface area contributed by atoms with E-state index < -0.39 is 5.97 Å². The van der Waals surface area contributed by atoms with Gasteiger partial charge in [0.1, 0.15) is 11.4 Å². The Bertz CT molecular complexity index is 611. The number of aryl methyl sites for hydroxylation is 2. The second-order valence-corrected chi connectivity index (χ2v) is 4.28. The van der Waals surface area contributed by atoms with Crippen LogP contribution in [0.5, 0.6) is 0 Å². The minimum absolute atomic E-state index is 0.205. The number of carbonyl (C=O) groups is 1. The van der Waals surface area contributed by atoms with Crippen molar-refractivity contribution in [1.82, 2.24) is 9.97 Å². The number of carboxylic acid groups (broad SMARTS) is 1. The Morgan fingerprint density at radius 3 is 2.68 bits per heavy atom. The Kier molecular flexibility index (Phi) is 3.75. The van der Waals surface area contributed by atoms with E-state index in [1.807, 2.05) is 19.1 Å². The van der Waals surface area contributed by atoms with Crippen molar-refractivity contribution in [2.75, 3.05) is 5.32 Å². The number of anilines is 1. The third-order valence-electron chi connectivity index (χ3n) is 2.91. The molecule has 0 amide bonds. The number of aromatic nitrogens is 2. The number of pyridine rings is 2. The molecule has 0 aliphatic rings. The smallest absolute Gasteiger partial charge is 0.339 e. The van der Waals surface area contributed by atoms with E-state index in [4.69, 9.17) is 0 Å². The van der Waals surface area contributed by atoms with E-state index in [2.05, 4.69) is 15.3 Å². The summed E-state index contributed by atoms with van der Waals surface area (Å²) >= 11 is 0. The van der Waals surface area contributed by atoms with Gasteiger partial charge in [0.2, 0.25) is 0 Å². The number of aromatic carboxylic acids is 1. The fraction of sp³-hybridized carbons (Fsp3) is 0.214. The molecular weight excluding hydrogens is 242 g/mol. The predicted molar refractivity (Wildman–Crippen MR) is 72.2 cm³/mol. The van der Waals surface area contributed by atoms with Crippen molar-refractivity contribution in [1.29, 1.82) is 0 Å². The molecule has 0 bridgehead atoms. The summed E-state index contributed by atoms with van der Waals surface area (Å²) < 4.78 is 0. The molecule has 0 aliphatic carbocycles. The van der Waals surface area contributed by atoms with Crippen molar-refractivity contribution < 1.29 is 9.90 Å².